The van der Waals surface area contributed by atoms with E-state index in [2.05, 4.69) is 0 Å². The molecule has 1 N–H and O–H groups in total. The third-order valence-electron chi connectivity index (χ3n) is 3.72. The molecule has 1 aliphatic carbocycles. The smallest absolute Gasteiger partial charge is 0.388 e. The lowest BCUT2D eigenvalue weighted by molar-refractivity contribution is -0.140. The number of aliphatic hydroxyl groups is 1. The Morgan fingerprint density at radius 1 is 1.21 bits per heavy atom. The maximum atomic E-state index is 13.8. The van der Waals surface area contributed by atoms with Crippen LogP contribution >= 0.6 is 0 Å². The molecule has 1 atom stereocenters. The van der Waals surface area contributed by atoms with Crippen LogP contribution in [0.25, 0.3) is 0 Å². The molecule has 1 nitrogen and oxygen atoms in total. The van der Waals surface area contributed by atoms with Crippen LogP contribution in [0.1, 0.15) is 49.3 Å². The first-order valence-corrected chi connectivity index (χ1v) is 6.43. The highest BCUT2D eigenvalue weighted by atomic mass is 19.4. The molecule has 19 heavy (non-hydrogen) atoms. The van der Waals surface area contributed by atoms with E-state index in [4.69, 9.17) is 0 Å². The second kappa shape index (κ2) is 5.49. The van der Waals surface area contributed by atoms with E-state index in [9.17, 15) is 22.7 Å². The van der Waals surface area contributed by atoms with Crippen molar-refractivity contribution in [3.8, 4) is 0 Å². The Kier molecular flexibility index (Phi) is 4.13. The number of alkyl halides is 3. The van der Waals surface area contributed by atoms with E-state index in [-0.39, 0.29) is 11.5 Å². The van der Waals surface area contributed by atoms with Crippen molar-refractivity contribution in [2.45, 2.75) is 44.4 Å². The van der Waals surface area contributed by atoms with E-state index in [0.29, 0.717) is 12.5 Å². The van der Waals surface area contributed by atoms with Crippen LogP contribution < -0.4 is 0 Å². The third kappa shape index (κ3) is 3.26. The van der Waals surface area contributed by atoms with Gasteiger partial charge in [-0.15, -0.1) is 0 Å². The van der Waals surface area contributed by atoms with Gasteiger partial charge < -0.3 is 5.11 Å². The highest BCUT2D eigenvalue weighted by molar-refractivity contribution is 5.29. The Labute approximate surface area is 109 Å². The zero-order valence-electron chi connectivity index (χ0n) is 10.4. The van der Waals surface area contributed by atoms with E-state index in [1.807, 2.05) is 0 Å². The molecular weight excluding hydrogens is 260 g/mol. The van der Waals surface area contributed by atoms with Gasteiger partial charge in [0.1, 0.15) is 5.82 Å². The summed E-state index contributed by atoms with van der Waals surface area (Å²) >= 11 is 0. The summed E-state index contributed by atoms with van der Waals surface area (Å²) in [4.78, 5) is 0. The molecule has 0 aliphatic heterocycles. The number of aliphatic hydroxyl groups excluding tert-OH is 1. The first kappa shape index (κ1) is 14.3. The van der Waals surface area contributed by atoms with Crippen molar-refractivity contribution in [3.63, 3.8) is 0 Å². The summed E-state index contributed by atoms with van der Waals surface area (Å²) in [7, 11) is 0. The van der Waals surface area contributed by atoms with Crippen LogP contribution in [0.15, 0.2) is 18.2 Å². The van der Waals surface area contributed by atoms with Gasteiger partial charge in [-0.3, -0.25) is 0 Å². The van der Waals surface area contributed by atoms with Crippen molar-refractivity contribution < 1.29 is 22.7 Å². The molecule has 0 amide bonds. The molecule has 1 saturated carbocycles. The van der Waals surface area contributed by atoms with Gasteiger partial charge in [-0.1, -0.05) is 37.8 Å². The largest absolute Gasteiger partial charge is 0.419 e. The normalized spacial score (nSPS) is 18.8. The Morgan fingerprint density at radius 3 is 2.42 bits per heavy atom. The molecule has 0 saturated heterocycles. The van der Waals surface area contributed by atoms with E-state index in [1.54, 1.807) is 0 Å². The highest BCUT2D eigenvalue weighted by Crippen LogP contribution is 2.37. The Balaban J connectivity index is 2.19. The maximum absolute atomic E-state index is 13.8. The Hall–Kier alpha value is -1.10. The molecule has 2 rings (SSSR count). The number of hydrogen-bond donors (Lipinski definition) is 1. The molecule has 106 valence electrons. The number of benzene rings is 1. The van der Waals surface area contributed by atoms with Crippen LogP contribution in [-0.4, -0.2) is 5.11 Å². The molecule has 1 aliphatic rings. The molecule has 1 fully saturated rings. The summed E-state index contributed by atoms with van der Waals surface area (Å²) in [5.41, 5.74) is -1.56. The fourth-order valence-electron chi connectivity index (χ4n) is 2.71. The van der Waals surface area contributed by atoms with Crippen molar-refractivity contribution in [3.05, 3.63) is 35.1 Å². The summed E-state index contributed by atoms with van der Waals surface area (Å²) in [6.07, 6.45) is -1.50. The van der Waals surface area contributed by atoms with Crippen molar-refractivity contribution in [2.24, 2.45) is 5.92 Å². The van der Waals surface area contributed by atoms with Crippen LogP contribution in [0.3, 0.4) is 0 Å². The van der Waals surface area contributed by atoms with Crippen molar-refractivity contribution in [1.82, 2.24) is 0 Å². The van der Waals surface area contributed by atoms with Gasteiger partial charge in [0.05, 0.1) is 11.7 Å². The standard InChI is InChI=1S/C14H16F4O/c15-13-10(6-3-7-11(13)14(16,17)18)12(19)8-9-4-1-2-5-9/h3,6-7,9,12,19H,1-2,4-5,8H2. The van der Waals surface area contributed by atoms with Gasteiger partial charge in [-0.2, -0.15) is 13.2 Å². The lowest BCUT2D eigenvalue weighted by Gasteiger charge is -2.18. The van der Waals surface area contributed by atoms with Crippen LogP contribution in [-0.2, 0) is 6.18 Å². The minimum absolute atomic E-state index is 0.248. The van der Waals surface area contributed by atoms with Gasteiger partial charge >= 0.3 is 6.18 Å². The fraction of sp³-hybridized carbons (Fsp3) is 0.571. The van der Waals surface area contributed by atoms with Gasteiger partial charge in [-0.25, -0.2) is 4.39 Å². The zero-order chi connectivity index (χ0) is 14.0. The Morgan fingerprint density at radius 2 is 1.84 bits per heavy atom. The summed E-state index contributed by atoms with van der Waals surface area (Å²) in [6.45, 7) is 0. The highest BCUT2D eigenvalue weighted by Gasteiger charge is 2.35. The third-order valence-corrected chi connectivity index (χ3v) is 3.72. The summed E-state index contributed by atoms with van der Waals surface area (Å²) in [5, 5.41) is 9.94. The fourth-order valence-corrected chi connectivity index (χ4v) is 2.71. The molecule has 0 radical (unpaired) electrons. The lowest BCUT2D eigenvalue weighted by Crippen LogP contribution is -2.13. The van der Waals surface area contributed by atoms with E-state index >= 15 is 0 Å². The van der Waals surface area contributed by atoms with Gasteiger partial charge in [-0.05, 0) is 18.4 Å². The van der Waals surface area contributed by atoms with Gasteiger partial charge in [0.15, 0.2) is 0 Å². The second-order valence-corrected chi connectivity index (χ2v) is 5.11. The maximum Gasteiger partial charge on any atom is 0.419 e. The molecule has 0 aromatic heterocycles. The first-order valence-electron chi connectivity index (χ1n) is 6.43. The number of halogens is 4. The monoisotopic (exact) mass is 276 g/mol. The average Bonchev–Trinajstić information content (AvgIpc) is 2.80. The average molecular weight is 276 g/mol. The Bertz CT molecular complexity index is 436. The quantitative estimate of drug-likeness (QED) is 0.808. The van der Waals surface area contributed by atoms with Gasteiger partial charge in [0.2, 0.25) is 0 Å². The molecule has 0 spiro atoms. The van der Waals surface area contributed by atoms with Crippen molar-refractivity contribution in [1.29, 1.82) is 0 Å². The van der Waals surface area contributed by atoms with Crippen LogP contribution in [0, 0.1) is 11.7 Å². The minimum Gasteiger partial charge on any atom is -0.388 e. The van der Waals surface area contributed by atoms with Crippen LogP contribution in [0.5, 0.6) is 0 Å². The van der Waals surface area contributed by atoms with E-state index in [0.717, 1.165) is 31.7 Å². The summed E-state index contributed by atoms with van der Waals surface area (Å²) in [5.74, 6) is -1.07. The summed E-state index contributed by atoms with van der Waals surface area (Å²) in [6, 6.07) is 3.06. The molecule has 0 bridgehead atoms. The second-order valence-electron chi connectivity index (χ2n) is 5.11. The van der Waals surface area contributed by atoms with Crippen molar-refractivity contribution in [2.75, 3.05) is 0 Å². The first-order chi connectivity index (χ1) is 8.89. The molecule has 0 heterocycles. The minimum atomic E-state index is -4.73. The molecule has 5 heteroatoms. The lowest BCUT2D eigenvalue weighted by atomic mass is 9.94. The topological polar surface area (TPSA) is 20.2 Å². The van der Waals surface area contributed by atoms with Crippen molar-refractivity contribution >= 4 is 0 Å². The SMILES string of the molecule is OC(CC1CCCC1)c1cccc(C(F)(F)F)c1F. The number of hydrogen-bond acceptors (Lipinski definition) is 1. The predicted molar refractivity (Wildman–Crippen MR) is 62.9 cm³/mol. The molecular formula is C14H16F4O. The summed E-state index contributed by atoms with van der Waals surface area (Å²) < 4.78 is 51.5. The predicted octanol–water partition coefficient (Wildman–Crippen LogP) is 4.46. The number of rotatable bonds is 3. The van der Waals surface area contributed by atoms with Crippen LogP contribution in [0.2, 0.25) is 0 Å². The zero-order valence-corrected chi connectivity index (χ0v) is 10.4. The van der Waals surface area contributed by atoms with Gasteiger partial charge in [0, 0.05) is 5.56 Å². The molecule has 1 aromatic rings. The van der Waals surface area contributed by atoms with E-state index < -0.39 is 23.7 Å². The molecule has 1 unspecified atom stereocenters. The van der Waals surface area contributed by atoms with Gasteiger partial charge in [0.25, 0.3) is 0 Å². The molecule has 1 aromatic carbocycles. The van der Waals surface area contributed by atoms with E-state index in [1.165, 1.54) is 6.07 Å². The van der Waals surface area contributed by atoms with Crippen LogP contribution in [0.4, 0.5) is 17.6 Å².